The summed E-state index contributed by atoms with van der Waals surface area (Å²) in [6.07, 6.45) is 7.94. The highest BCUT2D eigenvalue weighted by molar-refractivity contribution is 5.38. The Labute approximate surface area is 169 Å². The molecule has 0 radical (unpaired) electrons. The third-order valence-corrected chi connectivity index (χ3v) is 8.22. The molecule has 2 aromatic carbocycles. The number of phenolic OH excluding ortho intramolecular Hbond substituents is 1. The van der Waals surface area contributed by atoms with Gasteiger partial charge in [-0.15, -0.1) is 0 Å². The van der Waals surface area contributed by atoms with E-state index in [4.69, 9.17) is 0 Å². The van der Waals surface area contributed by atoms with Gasteiger partial charge < -0.3 is 10.4 Å². The van der Waals surface area contributed by atoms with Crippen LogP contribution in [0.25, 0.3) is 0 Å². The fourth-order valence-electron chi connectivity index (χ4n) is 6.84. The van der Waals surface area contributed by atoms with Crippen LogP contribution in [-0.4, -0.2) is 11.1 Å². The van der Waals surface area contributed by atoms with E-state index >= 15 is 0 Å². The molecule has 2 N–H and O–H groups in total. The summed E-state index contributed by atoms with van der Waals surface area (Å²) < 4.78 is 0. The van der Waals surface area contributed by atoms with Crippen LogP contribution >= 0.6 is 0 Å². The monoisotopic (exact) mass is 375 g/mol. The van der Waals surface area contributed by atoms with E-state index in [-0.39, 0.29) is 0 Å². The number of nitrogens with one attached hydrogen (secondary N) is 1. The lowest BCUT2D eigenvalue weighted by molar-refractivity contribution is 0.0598. The lowest BCUT2D eigenvalue weighted by Crippen LogP contribution is -2.39. The van der Waals surface area contributed by atoms with Gasteiger partial charge in [0.1, 0.15) is 5.75 Å². The molecule has 3 unspecified atom stereocenters. The number of aryl methyl sites for hydroxylation is 2. The topological polar surface area (TPSA) is 32.3 Å². The summed E-state index contributed by atoms with van der Waals surface area (Å²) in [5, 5.41) is 13.9. The van der Waals surface area contributed by atoms with Crippen LogP contribution in [0.15, 0.2) is 42.5 Å². The van der Waals surface area contributed by atoms with Crippen LogP contribution in [-0.2, 0) is 13.0 Å². The standard InChI is InChI=1S/C26H33NO/c1-17-7-9-21-18(13-17)8-10-23-22(21)11-12-26(2)15-20(14-24(23)26)27-16-19-5-3-4-6-25(19)28/h3-7,9,13,20,22-24,27-28H,8,10-12,14-16H2,1-2H3/t20-,22?,23?,24?,26+/m0/s1. The van der Waals surface area contributed by atoms with Gasteiger partial charge in [-0.2, -0.15) is 0 Å². The van der Waals surface area contributed by atoms with Crippen molar-refractivity contribution < 1.29 is 5.11 Å². The van der Waals surface area contributed by atoms with E-state index in [1.165, 1.54) is 44.1 Å². The normalized spacial score (nSPS) is 33.8. The first-order valence-electron chi connectivity index (χ1n) is 11.1. The number of aromatic hydroxyl groups is 1. The molecule has 3 aliphatic carbocycles. The number of benzene rings is 2. The van der Waals surface area contributed by atoms with Crippen molar-refractivity contribution >= 4 is 0 Å². The summed E-state index contributed by atoms with van der Waals surface area (Å²) in [7, 11) is 0. The Morgan fingerprint density at radius 1 is 1.14 bits per heavy atom. The minimum Gasteiger partial charge on any atom is -0.508 e. The van der Waals surface area contributed by atoms with Crippen molar-refractivity contribution in [3.05, 3.63) is 64.7 Å². The maximum atomic E-state index is 10.1. The van der Waals surface area contributed by atoms with Crippen molar-refractivity contribution in [3.63, 3.8) is 0 Å². The second-order valence-corrected chi connectivity index (χ2v) is 9.96. The number of para-hydroxylation sites is 1. The lowest BCUT2D eigenvalue weighted by Gasteiger charge is -2.49. The quantitative estimate of drug-likeness (QED) is 0.719. The molecular weight excluding hydrogens is 342 g/mol. The van der Waals surface area contributed by atoms with Crippen molar-refractivity contribution in [2.45, 2.75) is 70.9 Å². The molecular formula is C26H33NO. The number of rotatable bonds is 3. The molecule has 0 saturated heterocycles. The maximum absolute atomic E-state index is 10.1. The zero-order valence-corrected chi connectivity index (χ0v) is 17.2. The minimum atomic E-state index is 0.413. The fourth-order valence-corrected chi connectivity index (χ4v) is 6.84. The van der Waals surface area contributed by atoms with Crippen LogP contribution in [0.2, 0.25) is 0 Å². The van der Waals surface area contributed by atoms with Gasteiger partial charge in [0.25, 0.3) is 0 Å². The first-order chi connectivity index (χ1) is 13.5. The maximum Gasteiger partial charge on any atom is 0.120 e. The van der Waals surface area contributed by atoms with Gasteiger partial charge in [-0.1, -0.05) is 48.9 Å². The highest BCUT2D eigenvalue weighted by Gasteiger charge is 2.52. The van der Waals surface area contributed by atoms with Crippen molar-refractivity contribution in [1.29, 1.82) is 0 Å². The van der Waals surface area contributed by atoms with Crippen LogP contribution in [0, 0.1) is 24.2 Å². The third kappa shape index (κ3) is 3.06. The molecule has 0 aromatic heterocycles. The first-order valence-corrected chi connectivity index (χ1v) is 11.1. The number of hydrogen-bond donors (Lipinski definition) is 2. The van der Waals surface area contributed by atoms with Gasteiger partial charge in [-0.05, 0) is 85.8 Å². The fraction of sp³-hybridized carbons (Fsp3) is 0.538. The van der Waals surface area contributed by atoms with Crippen LogP contribution < -0.4 is 5.32 Å². The van der Waals surface area contributed by atoms with Crippen LogP contribution in [0.5, 0.6) is 5.75 Å². The van der Waals surface area contributed by atoms with Crippen LogP contribution in [0.1, 0.15) is 67.2 Å². The second kappa shape index (κ2) is 6.91. The van der Waals surface area contributed by atoms with E-state index in [0.29, 0.717) is 17.2 Å². The Morgan fingerprint density at radius 2 is 2.00 bits per heavy atom. The Kier molecular flexibility index (Phi) is 4.50. The van der Waals surface area contributed by atoms with Crippen molar-refractivity contribution in [2.75, 3.05) is 0 Å². The molecule has 0 amide bonds. The average Bonchev–Trinajstić information content (AvgIpc) is 3.03. The van der Waals surface area contributed by atoms with Gasteiger partial charge in [0.05, 0.1) is 0 Å². The molecule has 2 fully saturated rings. The number of phenols is 1. The molecule has 5 atom stereocenters. The molecule has 3 aliphatic rings. The largest absolute Gasteiger partial charge is 0.508 e. The van der Waals surface area contributed by atoms with Crippen molar-refractivity contribution in [1.82, 2.24) is 5.32 Å². The average molecular weight is 376 g/mol. The Hall–Kier alpha value is -1.80. The van der Waals surface area contributed by atoms with E-state index in [2.05, 4.69) is 37.4 Å². The summed E-state index contributed by atoms with van der Waals surface area (Å²) in [6, 6.07) is 15.5. The van der Waals surface area contributed by atoms with Gasteiger partial charge in [0.2, 0.25) is 0 Å². The van der Waals surface area contributed by atoms with E-state index in [1.807, 2.05) is 18.2 Å². The molecule has 0 bridgehead atoms. The smallest absolute Gasteiger partial charge is 0.120 e. The number of hydrogen-bond acceptors (Lipinski definition) is 2. The van der Waals surface area contributed by atoms with Crippen molar-refractivity contribution in [3.8, 4) is 5.75 Å². The van der Waals surface area contributed by atoms with Crippen LogP contribution in [0.3, 0.4) is 0 Å². The van der Waals surface area contributed by atoms with E-state index < -0.39 is 0 Å². The predicted molar refractivity (Wildman–Crippen MR) is 115 cm³/mol. The molecule has 148 valence electrons. The highest BCUT2D eigenvalue weighted by atomic mass is 16.3. The lowest BCUT2D eigenvalue weighted by atomic mass is 9.56. The molecule has 5 rings (SSSR count). The van der Waals surface area contributed by atoms with E-state index in [1.54, 1.807) is 17.2 Å². The summed E-state index contributed by atoms with van der Waals surface area (Å²) in [4.78, 5) is 0. The van der Waals surface area contributed by atoms with Gasteiger partial charge in [-0.3, -0.25) is 0 Å². The Morgan fingerprint density at radius 3 is 2.86 bits per heavy atom. The molecule has 0 heterocycles. The second-order valence-electron chi connectivity index (χ2n) is 9.96. The molecule has 2 heteroatoms. The predicted octanol–water partition coefficient (Wildman–Crippen LogP) is 5.72. The molecule has 2 saturated carbocycles. The molecule has 2 aromatic rings. The Balaban J connectivity index is 1.32. The van der Waals surface area contributed by atoms with Gasteiger partial charge >= 0.3 is 0 Å². The molecule has 2 nitrogen and oxygen atoms in total. The van der Waals surface area contributed by atoms with Gasteiger partial charge in [0.15, 0.2) is 0 Å². The summed E-state index contributed by atoms with van der Waals surface area (Å²) in [5.74, 6) is 2.88. The number of fused-ring (bicyclic) bond motifs is 5. The minimum absolute atomic E-state index is 0.413. The van der Waals surface area contributed by atoms with Crippen molar-refractivity contribution in [2.24, 2.45) is 17.3 Å². The summed E-state index contributed by atoms with van der Waals surface area (Å²) in [6.45, 7) is 5.55. The van der Waals surface area contributed by atoms with Gasteiger partial charge in [-0.25, -0.2) is 0 Å². The first kappa shape index (κ1) is 18.2. The third-order valence-electron chi connectivity index (χ3n) is 8.22. The zero-order valence-electron chi connectivity index (χ0n) is 17.2. The molecule has 28 heavy (non-hydrogen) atoms. The Bertz CT molecular complexity index is 874. The van der Waals surface area contributed by atoms with Crippen LogP contribution in [0.4, 0.5) is 0 Å². The van der Waals surface area contributed by atoms with E-state index in [9.17, 15) is 5.11 Å². The van der Waals surface area contributed by atoms with E-state index in [0.717, 1.165) is 29.9 Å². The summed E-state index contributed by atoms with van der Waals surface area (Å²) >= 11 is 0. The SMILES string of the molecule is Cc1ccc2c(c1)CCC1C2CC[C@]2(C)C[C@@H](NCc3ccccc3O)CC12. The zero-order chi connectivity index (χ0) is 19.3. The highest BCUT2D eigenvalue weighted by Crippen LogP contribution is 2.60. The van der Waals surface area contributed by atoms with Gasteiger partial charge in [0, 0.05) is 18.2 Å². The summed E-state index contributed by atoms with van der Waals surface area (Å²) in [5.41, 5.74) is 6.20. The molecule has 0 spiro atoms. The molecule has 0 aliphatic heterocycles.